The summed E-state index contributed by atoms with van der Waals surface area (Å²) in [7, 11) is 1.47. The summed E-state index contributed by atoms with van der Waals surface area (Å²) in [5.74, 6) is -0.943. The lowest BCUT2D eigenvalue weighted by Gasteiger charge is -2.13. The van der Waals surface area contributed by atoms with Crippen LogP contribution in [0.4, 0.5) is 0 Å². The highest BCUT2D eigenvalue weighted by atomic mass is 16.2. The molecule has 0 radical (unpaired) electrons. The number of rotatable bonds is 3. The molecule has 0 bridgehead atoms. The van der Waals surface area contributed by atoms with E-state index in [1.54, 1.807) is 0 Å². The fraction of sp³-hybridized carbons (Fsp3) is 0.250. The number of aromatic nitrogens is 2. The van der Waals surface area contributed by atoms with Crippen LogP contribution in [0.3, 0.4) is 0 Å². The molecule has 0 fully saturated rings. The lowest BCUT2D eigenvalue weighted by molar-refractivity contribution is -0.118. The first-order valence-corrected chi connectivity index (χ1v) is 3.91. The zero-order chi connectivity index (χ0) is 10.6. The number of carbonyl (C=O) groups excluding carboxylic acids is 2. The molecule has 2 amide bonds. The fourth-order valence-corrected chi connectivity index (χ4v) is 0.911. The van der Waals surface area contributed by atoms with Crippen molar-refractivity contribution in [2.45, 2.75) is 0 Å². The van der Waals surface area contributed by atoms with Gasteiger partial charge in [0.15, 0.2) is 0 Å². The lowest BCUT2D eigenvalue weighted by Crippen LogP contribution is -2.35. The summed E-state index contributed by atoms with van der Waals surface area (Å²) in [4.78, 5) is 30.8. The van der Waals surface area contributed by atoms with Crippen LogP contribution in [-0.4, -0.2) is 40.3 Å². The van der Waals surface area contributed by atoms with Crippen molar-refractivity contribution in [3.05, 3.63) is 24.3 Å². The van der Waals surface area contributed by atoms with Crippen LogP contribution in [-0.2, 0) is 4.79 Å². The third-order valence-electron chi connectivity index (χ3n) is 1.52. The Morgan fingerprint density at radius 1 is 1.50 bits per heavy atom. The fourth-order valence-electron chi connectivity index (χ4n) is 0.911. The molecule has 0 spiro atoms. The monoisotopic (exact) mass is 194 g/mol. The summed E-state index contributed by atoms with van der Waals surface area (Å²) < 4.78 is 0. The van der Waals surface area contributed by atoms with Crippen molar-refractivity contribution in [3.63, 3.8) is 0 Å². The summed E-state index contributed by atoms with van der Waals surface area (Å²) in [5.41, 5.74) is 5.13. The number of nitrogens with two attached hydrogens (primary N) is 1. The summed E-state index contributed by atoms with van der Waals surface area (Å²) in [6, 6.07) is 0. The Morgan fingerprint density at radius 3 is 2.71 bits per heavy atom. The zero-order valence-corrected chi connectivity index (χ0v) is 7.67. The number of carbonyl (C=O) groups is 2. The molecule has 0 aliphatic rings. The number of primary amides is 1. The van der Waals surface area contributed by atoms with E-state index in [4.69, 9.17) is 5.73 Å². The van der Waals surface area contributed by atoms with Gasteiger partial charge in [-0.05, 0) is 0 Å². The van der Waals surface area contributed by atoms with Crippen molar-refractivity contribution in [2.75, 3.05) is 13.6 Å². The molecule has 1 rings (SSSR count). The summed E-state index contributed by atoms with van der Waals surface area (Å²) in [6.07, 6.45) is 4.20. The molecule has 0 unspecified atom stereocenters. The maximum atomic E-state index is 11.5. The third-order valence-corrected chi connectivity index (χ3v) is 1.52. The van der Waals surface area contributed by atoms with E-state index in [1.165, 1.54) is 30.5 Å². The Balaban J connectivity index is 2.71. The molecule has 1 aromatic heterocycles. The molecule has 0 saturated carbocycles. The Kier molecular flexibility index (Phi) is 3.11. The Hall–Kier alpha value is -1.98. The van der Waals surface area contributed by atoms with Crippen molar-refractivity contribution in [3.8, 4) is 0 Å². The zero-order valence-electron chi connectivity index (χ0n) is 7.67. The Labute approximate surface area is 80.8 Å². The minimum absolute atomic E-state index is 0.130. The Bertz CT molecular complexity index is 338. The van der Waals surface area contributed by atoms with Gasteiger partial charge in [-0.2, -0.15) is 0 Å². The van der Waals surface area contributed by atoms with E-state index >= 15 is 0 Å². The quantitative estimate of drug-likeness (QED) is 0.670. The first kappa shape index (κ1) is 10.1. The van der Waals surface area contributed by atoms with Gasteiger partial charge in [-0.1, -0.05) is 0 Å². The predicted octanol–water partition coefficient (Wildman–Crippen LogP) is -0.966. The minimum atomic E-state index is -0.565. The summed E-state index contributed by atoms with van der Waals surface area (Å²) >= 11 is 0. The molecule has 1 heterocycles. The average Bonchev–Trinajstić information content (AvgIpc) is 2.17. The minimum Gasteiger partial charge on any atom is -0.368 e. The van der Waals surface area contributed by atoms with E-state index in [-0.39, 0.29) is 18.1 Å². The van der Waals surface area contributed by atoms with Crippen molar-refractivity contribution in [1.29, 1.82) is 0 Å². The van der Waals surface area contributed by atoms with Crippen LogP contribution in [0.2, 0.25) is 0 Å². The van der Waals surface area contributed by atoms with Gasteiger partial charge in [0.05, 0.1) is 12.7 Å². The second-order valence-electron chi connectivity index (χ2n) is 2.72. The number of likely N-dealkylation sites (N-methyl/N-ethyl adjacent to an activating group) is 1. The van der Waals surface area contributed by atoms with E-state index in [1.807, 2.05) is 0 Å². The normalized spacial score (nSPS) is 9.50. The average molecular weight is 194 g/mol. The van der Waals surface area contributed by atoms with Crippen LogP contribution in [0.25, 0.3) is 0 Å². The van der Waals surface area contributed by atoms with Crippen LogP contribution in [0, 0.1) is 0 Å². The standard InChI is InChI=1S/C8H10N4O2/c1-12(5-7(9)13)8(14)6-4-10-2-3-11-6/h2-4H,5H2,1H3,(H2,9,13). The van der Waals surface area contributed by atoms with Gasteiger partial charge in [0.25, 0.3) is 5.91 Å². The van der Waals surface area contributed by atoms with Gasteiger partial charge >= 0.3 is 0 Å². The molecule has 74 valence electrons. The van der Waals surface area contributed by atoms with E-state index in [0.29, 0.717) is 0 Å². The molecule has 0 aliphatic heterocycles. The number of hydrogen-bond acceptors (Lipinski definition) is 4. The number of nitrogens with zero attached hydrogens (tertiary/aromatic N) is 3. The molecule has 6 heteroatoms. The highest BCUT2D eigenvalue weighted by Gasteiger charge is 2.14. The van der Waals surface area contributed by atoms with Crippen molar-refractivity contribution in [1.82, 2.24) is 14.9 Å². The Morgan fingerprint density at radius 2 is 2.21 bits per heavy atom. The van der Waals surface area contributed by atoms with Gasteiger partial charge in [0.1, 0.15) is 5.69 Å². The van der Waals surface area contributed by atoms with Gasteiger partial charge < -0.3 is 10.6 Å². The van der Waals surface area contributed by atoms with Crippen LogP contribution < -0.4 is 5.73 Å². The topological polar surface area (TPSA) is 89.2 Å². The largest absolute Gasteiger partial charge is 0.368 e. The highest BCUT2D eigenvalue weighted by molar-refractivity contribution is 5.94. The van der Waals surface area contributed by atoms with Gasteiger partial charge in [-0.15, -0.1) is 0 Å². The molecule has 6 nitrogen and oxygen atoms in total. The van der Waals surface area contributed by atoms with Gasteiger partial charge in [0, 0.05) is 19.4 Å². The third kappa shape index (κ3) is 2.51. The summed E-state index contributed by atoms with van der Waals surface area (Å²) in [5, 5.41) is 0. The van der Waals surface area contributed by atoms with Crippen LogP contribution in [0.5, 0.6) is 0 Å². The van der Waals surface area contributed by atoms with E-state index < -0.39 is 5.91 Å². The molecule has 1 aromatic rings. The van der Waals surface area contributed by atoms with E-state index in [0.717, 1.165) is 0 Å². The molecule has 14 heavy (non-hydrogen) atoms. The van der Waals surface area contributed by atoms with Crippen LogP contribution in [0.1, 0.15) is 10.5 Å². The molecule has 0 aliphatic carbocycles. The lowest BCUT2D eigenvalue weighted by atomic mass is 10.4. The predicted molar refractivity (Wildman–Crippen MR) is 48.2 cm³/mol. The molecule has 0 saturated heterocycles. The maximum Gasteiger partial charge on any atom is 0.274 e. The smallest absolute Gasteiger partial charge is 0.274 e. The van der Waals surface area contributed by atoms with Gasteiger partial charge in [0.2, 0.25) is 5.91 Å². The van der Waals surface area contributed by atoms with Gasteiger partial charge in [-0.3, -0.25) is 14.6 Å². The first-order chi connectivity index (χ1) is 6.61. The van der Waals surface area contributed by atoms with Crippen LogP contribution in [0.15, 0.2) is 18.6 Å². The second-order valence-corrected chi connectivity index (χ2v) is 2.72. The maximum absolute atomic E-state index is 11.5. The van der Waals surface area contributed by atoms with Crippen molar-refractivity contribution in [2.24, 2.45) is 5.73 Å². The number of amides is 2. The molecular formula is C8H10N4O2. The summed E-state index contributed by atoms with van der Waals surface area (Å²) in [6.45, 7) is -0.130. The van der Waals surface area contributed by atoms with Crippen LogP contribution >= 0.6 is 0 Å². The van der Waals surface area contributed by atoms with Gasteiger partial charge in [-0.25, -0.2) is 4.98 Å². The first-order valence-electron chi connectivity index (χ1n) is 3.91. The number of hydrogen-bond donors (Lipinski definition) is 1. The second kappa shape index (κ2) is 4.31. The van der Waals surface area contributed by atoms with Crippen molar-refractivity contribution >= 4 is 11.8 Å². The van der Waals surface area contributed by atoms with E-state index in [9.17, 15) is 9.59 Å². The van der Waals surface area contributed by atoms with Crippen molar-refractivity contribution < 1.29 is 9.59 Å². The molecule has 0 atom stereocenters. The highest BCUT2D eigenvalue weighted by Crippen LogP contribution is 1.96. The SMILES string of the molecule is CN(CC(N)=O)C(=O)c1cnccn1. The molecule has 0 aromatic carbocycles. The molecule has 2 N–H and O–H groups in total. The van der Waals surface area contributed by atoms with E-state index in [2.05, 4.69) is 9.97 Å². The molecular weight excluding hydrogens is 184 g/mol.